The third kappa shape index (κ3) is 2.08. The fraction of sp³-hybridized carbons (Fsp3) is 0.0909. The number of aromatic nitrogens is 2. The van der Waals surface area contributed by atoms with E-state index in [1.165, 1.54) is 24.5 Å². The Morgan fingerprint density at radius 2 is 2.00 bits per heavy atom. The highest BCUT2D eigenvalue weighted by atomic mass is 19.1. The zero-order valence-corrected chi connectivity index (χ0v) is 8.74. The Morgan fingerprint density at radius 3 is 2.75 bits per heavy atom. The highest BCUT2D eigenvalue weighted by Crippen LogP contribution is 2.22. The molecule has 0 radical (unpaired) electrons. The Kier molecular flexibility index (Phi) is 2.68. The molecule has 1 aromatic heterocycles. The second kappa shape index (κ2) is 4.14. The smallest absolute Gasteiger partial charge is 0.173 e. The summed E-state index contributed by atoms with van der Waals surface area (Å²) in [7, 11) is 0. The molecular weight excluding hydrogens is 207 g/mol. The van der Waals surface area contributed by atoms with Crippen LogP contribution in [-0.4, -0.2) is 9.97 Å². The van der Waals surface area contributed by atoms with Crippen LogP contribution in [0.3, 0.4) is 0 Å². The van der Waals surface area contributed by atoms with E-state index in [9.17, 15) is 4.39 Å². The summed E-state index contributed by atoms with van der Waals surface area (Å²) in [5.74, 6) is 0.401. The number of nitrogens with zero attached hydrogens (tertiary/aromatic N) is 2. The van der Waals surface area contributed by atoms with E-state index in [2.05, 4.69) is 15.3 Å². The maximum atomic E-state index is 13.0. The number of benzene rings is 1. The van der Waals surface area contributed by atoms with Gasteiger partial charge in [-0.3, -0.25) is 0 Å². The van der Waals surface area contributed by atoms with Gasteiger partial charge in [-0.05, 0) is 24.6 Å². The number of aryl methyl sites for hydroxylation is 1. The molecule has 2 aromatic rings. The molecule has 16 heavy (non-hydrogen) atoms. The predicted octanol–water partition coefficient (Wildman–Crippen LogP) is 2.25. The topological polar surface area (TPSA) is 63.8 Å². The standard InChI is InChI=1S/C11H11FN4/c1-7-2-3-8(12)6-9(7)16-11-10(13)14-4-5-15-11/h2-6H,1H3,(H2,13,14)(H,15,16). The molecule has 0 saturated carbocycles. The molecule has 5 heteroatoms. The lowest BCUT2D eigenvalue weighted by Gasteiger charge is -2.09. The number of hydrogen-bond donors (Lipinski definition) is 2. The third-order valence-corrected chi connectivity index (χ3v) is 2.18. The van der Waals surface area contributed by atoms with Gasteiger partial charge in [-0.2, -0.15) is 0 Å². The number of nitrogens with two attached hydrogens (primary N) is 1. The Morgan fingerprint density at radius 1 is 1.25 bits per heavy atom. The average molecular weight is 218 g/mol. The van der Waals surface area contributed by atoms with Gasteiger partial charge in [0.2, 0.25) is 0 Å². The molecule has 0 aliphatic heterocycles. The van der Waals surface area contributed by atoms with Crippen LogP contribution in [0.1, 0.15) is 5.56 Å². The zero-order chi connectivity index (χ0) is 11.5. The van der Waals surface area contributed by atoms with E-state index in [1.54, 1.807) is 6.07 Å². The third-order valence-electron chi connectivity index (χ3n) is 2.18. The van der Waals surface area contributed by atoms with E-state index in [4.69, 9.17) is 5.73 Å². The molecule has 2 rings (SSSR count). The fourth-order valence-electron chi connectivity index (χ4n) is 1.30. The second-order valence-corrected chi connectivity index (χ2v) is 3.37. The van der Waals surface area contributed by atoms with Crippen LogP contribution in [0.25, 0.3) is 0 Å². The Bertz CT molecular complexity index is 513. The lowest BCUT2D eigenvalue weighted by Crippen LogP contribution is -2.02. The molecular formula is C11H11FN4. The maximum Gasteiger partial charge on any atom is 0.173 e. The fourth-order valence-corrected chi connectivity index (χ4v) is 1.30. The largest absolute Gasteiger partial charge is 0.381 e. The van der Waals surface area contributed by atoms with Crippen molar-refractivity contribution < 1.29 is 4.39 Å². The quantitative estimate of drug-likeness (QED) is 0.811. The van der Waals surface area contributed by atoms with Crippen LogP contribution in [0.5, 0.6) is 0 Å². The van der Waals surface area contributed by atoms with Gasteiger partial charge in [0.25, 0.3) is 0 Å². The van der Waals surface area contributed by atoms with Crippen LogP contribution < -0.4 is 11.1 Å². The monoisotopic (exact) mass is 218 g/mol. The summed E-state index contributed by atoms with van der Waals surface area (Å²) in [5.41, 5.74) is 7.17. The highest BCUT2D eigenvalue weighted by molar-refractivity contribution is 5.67. The summed E-state index contributed by atoms with van der Waals surface area (Å²) < 4.78 is 13.0. The number of nitrogen functional groups attached to an aromatic ring is 1. The van der Waals surface area contributed by atoms with E-state index in [-0.39, 0.29) is 11.6 Å². The Balaban J connectivity index is 2.34. The van der Waals surface area contributed by atoms with Crippen molar-refractivity contribution in [3.63, 3.8) is 0 Å². The van der Waals surface area contributed by atoms with Gasteiger partial charge in [-0.1, -0.05) is 6.07 Å². The molecule has 0 atom stereocenters. The molecule has 1 aromatic carbocycles. The van der Waals surface area contributed by atoms with Gasteiger partial charge in [0.05, 0.1) is 0 Å². The summed E-state index contributed by atoms with van der Waals surface area (Å²) in [5, 5.41) is 2.94. The number of hydrogen-bond acceptors (Lipinski definition) is 4. The lowest BCUT2D eigenvalue weighted by molar-refractivity contribution is 0.628. The molecule has 4 nitrogen and oxygen atoms in total. The molecule has 0 amide bonds. The van der Waals surface area contributed by atoms with Gasteiger partial charge in [-0.15, -0.1) is 0 Å². The van der Waals surface area contributed by atoms with Crippen molar-refractivity contribution in [2.75, 3.05) is 11.1 Å². The SMILES string of the molecule is Cc1ccc(F)cc1Nc1nccnc1N. The van der Waals surface area contributed by atoms with Crippen LogP contribution in [0.2, 0.25) is 0 Å². The molecule has 0 fully saturated rings. The number of halogens is 1. The van der Waals surface area contributed by atoms with Crippen molar-refractivity contribution in [3.8, 4) is 0 Å². The van der Waals surface area contributed by atoms with Crippen molar-refractivity contribution in [3.05, 3.63) is 42.0 Å². The van der Waals surface area contributed by atoms with E-state index in [0.717, 1.165) is 5.56 Å². The molecule has 1 heterocycles. The number of anilines is 3. The lowest BCUT2D eigenvalue weighted by atomic mass is 10.2. The summed E-state index contributed by atoms with van der Waals surface area (Å²) >= 11 is 0. The van der Waals surface area contributed by atoms with Crippen LogP contribution >= 0.6 is 0 Å². The normalized spacial score (nSPS) is 10.1. The zero-order valence-electron chi connectivity index (χ0n) is 8.74. The van der Waals surface area contributed by atoms with Gasteiger partial charge in [0, 0.05) is 18.1 Å². The first kappa shape index (κ1) is 10.4. The van der Waals surface area contributed by atoms with Crippen molar-refractivity contribution >= 4 is 17.3 Å². The Labute approximate surface area is 92.3 Å². The van der Waals surface area contributed by atoms with Gasteiger partial charge in [-0.25, -0.2) is 14.4 Å². The summed E-state index contributed by atoms with van der Waals surface area (Å²) in [4.78, 5) is 7.91. The molecule has 0 saturated heterocycles. The molecule has 0 bridgehead atoms. The minimum Gasteiger partial charge on any atom is -0.381 e. The summed E-state index contributed by atoms with van der Waals surface area (Å²) in [6.45, 7) is 1.87. The first-order chi connectivity index (χ1) is 7.66. The van der Waals surface area contributed by atoms with E-state index in [1.807, 2.05) is 6.92 Å². The van der Waals surface area contributed by atoms with Crippen LogP contribution in [0, 0.1) is 12.7 Å². The van der Waals surface area contributed by atoms with Crippen molar-refractivity contribution in [2.24, 2.45) is 0 Å². The summed E-state index contributed by atoms with van der Waals surface area (Å²) in [6.07, 6.45) is 3.02. The number of nitrogens with one attached hydrogen (secondary N) is 1. The second-order valence-electron chi connectivity index (χ2n) is 3.37. The van der Waals surface area contributed by atoms with E-state index in [0.29, 0.717) is 11.5 Å². The van der Waals surface area contributed by atoms with Crippen LogP contribution in [-0.2, 0) is 0 Å². The Hall–Kier alpha value is -2.17. The van der Waals surface area contributed by atoms with E-state index >= 15 is 0 Å². The van der Waals surface area contributed by atoms with Gasteiger partial charge < -0.3 is 11.1 Å². The minimum atomic E-state index is -0.310. The van der Waals surface area contributed by atoms with Crippen molar-refractivity contribution in [1.29, 1.82) is 0 Å². The molecule has 0 aliphatic carbocycles. The van der Waals surface area contributed by atoms with Crippen molar-refractivity contribution in [1.82, 2.24) is 9.97 Å². The van der Waals surface area contributed by atoms with Gasteiger partial charge in [0.1, 0.15) is 5.82 Å². The molecule has 3 N–H and O–H groups in total. The number of rotatable bonds is 2. The summed E-state index contributed by atoms with van der Waals surface area (Å²) in [6, 6.07) is 4.48. The molecule has 82 valence electrons. The van der Waals surface area contributed by atoms with E-state index < -0.39 is 0 Å². The van der Waals surface area contributed by atoms with Crippen molar-refractivity contribution in [2.45, 2.75) is 6.92 Å². The minimum absolute atomic E-state index is 0.283. The van der Waals surface area contributed by atoms with Crippen LogP contribution in [0.15, 0.2) is 30.6 Å². The first-order valence-corrected chi connectivity index (χ1v) is 4.76. The van der Waals surface area contributed by atoms with Crippen LogP contribution in [0.4, 0.5) is 21.7 Å². The molecule has 0 spiro atoms. The molecule has 0 aliphatic rings. The molecule has 0 unspecified atom stereocenters. The predicted molar refractivity (Wildman–Crippen MR) is 60.9 cm³/mol. The first-order valence-electron chi connectivity index (χ1n) is 4.76. The highest BCUT2D eigenvalue weighted by Gasteiger charge is 2.04. The maximum absolute atomic E-state index is 13.0. The van der Waals surface area contributed by atoms with Gasteiger partial charge in [0.15, 0.2) is 11.6 Å². The van der Waals surface area contributed by atoms with Gasteiger partial charge >= 0.3 is 0 Å². The average Bonchev–Trinajstić information content (AvgIpc) is 2.27.